The van der Waals surface area contributed by atoms with E-state index in [1.54, 1.807) is 0 Å². The fourth-order valence-electron chi connectivity index (χ4n) is 1.69. The minimum atomic E-state index is -1.94. The summed E-state index contributed by atoms with van der Waals surface area (Å²) in [7, 11) is -1.94. The highest BCUT2D eigenvalue weighted by atomic mass is 16.6. The molecule has 0 heterocycles. The third-order valence-corrected chi connectivity index (χ3v) is 2.76. The maximum atomic E-state index is 10.9. The first-order valence-electron chi connectivity index (χ1n) is 7.16. The van der Waals surface area contributed by atoms with Crippen molar-refractivity contribution in [1.82, 2.24) is 0 Å². The summed E-state index contributed by atoms with van der Waals surface area (Å²) >= 11 is 0. The number of hydrogen-bond donors (Lipinski definition) is 2. The maximum Gasteiger partial charge on any atom is 0.634 e. The summed E-state index contributed by atoms with van der Waals surface area (Å²) in [5, 5.41) is 19.3. The summed E-state index contributed by atoms with van der Waals surface area (Å²) in [5.41, 5.74) is 0. The van der Waals surface area contributed by atoms with Crippen LogP contribution in [0.4, 0.5) is 0 Å². The fraction of sp³-hybridized carbons (Fsp3) is 0.312. The van der Waals surface area contributed by atoms with Crippen molar-refractivity contribution in [3.05, 3.63) is 48.5 Å². The van der Waals surface area contributed by atoms with Gasteiger partial charge >= 0.3 is 13.3 Å². The highest BCUT2D eigenvalue weighted by Crippen LogP contribution is 2.11. The average molecular weight is 304 g/mol. The number of rotatable bonds is 5. The molecule has 2 N–H and O–H groups in total. The first-order chi connectivity index (χ1) is 10.5. The lowest BCUT2D eigenvalue weighted by Crippen LogP contribution is -2.31. The molecule has 118 valence electrons. The van der Waals surface area contributed by atoms with Crippen LogP contribution in [0.3, 0.4) is 0 Å². The molecule has 0 bridgehead atoms. The molecule has 0 saturated heterocycles. The Balaban J connectivity index is 0.000000222. The van der Waals surface area contributed by atoms with Gasteiger partial charge in [0.2, 0.25) is 0 Å². The van der Waals surface area contributed by atoms with Gasteiger partial charge in [-0.1, -0.05) is 55.5 Å². The van der Waals surface area contributed by atoms with Gasteiger partial charge in [0.05, 0.1) is 6.61 Å². The van der Waals surface area contributed by atoms with Gasteiger partial charge in [-0.3, -0.25) is 0 Å². The molecule has 1 atom stereocenters. The molecule has 0 spiro atoms. The number of hydrogen-bond acceptors (Lipinski definition) is 5. The SMILES string of the molecule is CCCOC(=O)C(C)OB(O)O.c1ccc2ccccc2c1. The molecule has 2 aromatic rings. The molecular formula is C16H21BO5. The van der Waals surface area contributed by atoms with Crippen molar-refractivity contribution in [2.24, 2.45) is 0 Å². The van der Waals surface area contributed by atoms with E-state index in [2.05, 4.69) is 57.9 Å². The number of ether oxygens (including phenoxy) is 1. The lowest BCUT2D eigenvalue weighted by Gasteiger charge is -2.10. The number of fused-ring (bicyclic) bond motifs is 1. The number of carbonyl (C=O) groups excluding carboxylic acids is 1. The van der Waals surface area contributed by atoms with Crippen LogP contribution in [0.25, 0.3) is 10.8 Å². The first kappa shape index (κ1) is 18.2. The molecule has 0 amide bonds. The molecule has 2 rings (SSSR count). The van der Waals surface area contributed by atoms with E-state index in [-0.39, 0.29) is 0 Å². The molecule has 1 unspecified atom stereocenters. The molecule has 0 saturated carbocycles. The van der Waals surface area contributed by atoms with E-state index >= 15 is 0 Å². The molecule has 6 heteroatoms. The van der Waals surface area contributed by atoms with Crippen LogP contribution in [0.15, 0.2) is 48.5 Å². The van der Waals surface area contributed by atoms with Crippen molar-refractivity contribution in [3.8, 4) is 0 Å². The van der Waals surface area contributed by atoms with Crippen LogP contribution >= 0.6 is 0 Å². The smallest absolute Gasteiger partial charge is 0.464 e. The van der Waals surface area contributed by atoms with E-state index in [1.807, 2.05) is 6.92 Å². The van der Waals surface area contributed by atoms with E-state index in [0.717, 1.165) is 6.42 Å². The van der Waals surface area contributed by atoms with Crippen molar-refractivity contribution in [2.75, 3.05) is 6.61 Å². The van der Waals surface area contributed by atoms with E-state index in [4.69, 9.17) is 10.0 Å². The second-order valence-electron chi connectivity index (χ2n) is 4.62. The zero-order chi connectivity index (χ0) is 16.4. The molecule has 0 radical (unpaired) electrons. The summed E-state index contributed by atoms with van der Waals surface area (Å²) in [6.07, 6.45) is -0.225. The Morgan fingerprint density at radius 2 is 1.55 bits per heavy atom. The van der Waals surface area contributed by atoms with Crippen LogP contribution in [0.2, 0.25) is 0 Å². The Bertz CT molecular complexity index is 508. The summed E-state index contributed by atoms with van der Waals surface area (Å²) in [6, 6.07) is 16.7. The Kier molecular flexibility index (Phi) is 8.21. The highest BCUT2D eigenvalue weighted by molar-refractivity contribution is 6.33. The van der Waals surface area contributed by atoms with Gasteiger partial charge in [-0.2, -0.15) is 0 Å². The van der Waals surface area contributed by atoms with Gasteiger partial charge in [-0.05, 0) is 24.1 Å². The molecule has 0 aliphatic heterocycles. The number of esters is 1. The molecule has 0 aliphatic carbocycles. The van der Waals surface area contributed by atoms with Gasteiger partial charge in [0.15, 0.2) is 0 Å². The molecule has 22 heavy (non-hydrogen) atoms. The molecule has 0 aromatic heterocycles. The average Bonchev–Trinajstić information content (AvgIpc) is 2.52. The minimum absolute atomic E-state index is 0.314. The standard InChI is InChI=1S/C10H8.C6H13BO5/c1-2-6-10-8-4-3-7-9(10)5-1;1-3-4-11-6(8)5(2)12-7(9)10/h1-8H;5,9-10H,3-4H2,1-2H3. The fourth-order valence-corrected chi connectivity index (χ4v) is 1.69. The molecule has 2 aromatic carbocycles. The predicted molar refractivity (Wildman–Crippen MR) is 85.9 cm³/mol. The zero-order valence-corrected chi connectivity index (χ0v) is 12.8. The van der Waals surface area contributed by atoms with Crippen LogP contribution in [-0.2, 0) is 14.2 Å². The summed E-state index contributed by atoms with van der Waals surface area (Å²) < 4.78 is 9.01. The van der Waals surface area contributed by atoms with E-state index in [0.29, 0.717) is 6.61 Å². The lowest BCUT2D eigenvalue weighted by molar-refractivity contribution is -0.152. The van der Waals surface area contributed by atoms with Gasteiger partial charge < -0.3 is 19.4 Å². The van der Waals surface area contributed by atoms with Crippen molar-refractivity contribution in [2.45, 2.75) is 26.4 Å². The second-order valence-corrected chi connectivity index (χ2v) is 4.62. The Hall–Kier alpha value is -1.89. The third-order valence-electron chi connectivity index (χ3n) is 2.76. The third kappa shape index (κ3) is 6.71. The molecule has 5 nitrogen and oxygen atoms in total. The van der Waals surface area contributed by atoms with Crippen molar-refractivity contribution >= 4 is 24.1 Å². The van der Waals surface area contributed by atoms with Crippen molar-refractivity contribution in [1.29, 1.82) is 0 Å². The van der Waals surface area contributed by atoms with E-state index in [1.165, 1.54) is 17.7 Å². The van der Waals surface area contributed by atoms with Crippen molar-refractivity contribution < 1.29 is 24.2 Å². The topological polar surface area (TPSA) is 76.0 Å². The van der Waals surface area contributed by atoms with Gasteiger partial charge in [0.25, 0.3) is 0 Å². The Morgan fingerprint density at radius 1 is 1.09 bits per heavy atom. The predicted octanol–water partition coefficient (Wildman–Crippen LogP) is 2.15. The van der Waals surface area contributed by atoms with Crippen LogP contribution in [0.5, 0.6) is 0 Å². The Labute approximate surface area is 130 Å². The lowest BCUT2D eigenvalue weighted by atomic mass is 10.1. The summed E-state index contributed by atoms with van der Waals surface area (Å²) in [6.45, 7) is 3.56. The number of benzene rings is 2. The van der Waals surface area contributed by atoms with Gasteiger partial charge in [-0.15, -0.1) is 0 Å². The van der Waals surface area contributed by atoms with Gasteiger partial charge in [0, 0.05) is 0 Å². The van der Waals surface area contributed by atoms with Gasteiger partial charge in [-0.25, -0.2) is 4.79 Å². The zero-order valence-electron chi connectivity index (χ0n) is 12.8. The van der Waals surface area contributed by atoms with Crippen LogP contribution in [0.1, 0.15) is 20.3 Å². The van der Waals surface area contributed by atoms with E-state index in [9.17, 15) is 4.79 Å². The minimum Gasteiger partial charge on any atom is -0.464 e. The first-order valence-corrected chi connectivity index (χ1v) is 7.16. The molecule has 0 fully saturated rings. The van der Waals surface area contributed by atoms with E-state index < -0.39 is 19.4 Å². The second kappa shape index (κ2) is 9.94. The Morgan fingerprint density at radius 3 is 1.91 bits per heavy atom. The largest absolute Gasteiger partial charge is 0.634 e. The van der Waals surface area contributed by atoms with Gasteiger partial charge in [0.1, 0.15) is 6.10 Å². The van der Waals surface area contributed by atoms with Crippen LogP contribution in [-0.4, -0.2) is 36.0 Å². The number of carbonyl (C=O) groups is 1. The summed E-state index contributed by atoms with van der Waals surface area (Å²) in [5.74, 6) is -0.593. The summed E-state index contributed by atoms with van der Waals surface area (Å²) in [4.78, 5) is 10.9. The van der Waals surface area contributed by atoms with Crippen molar-refractivity contribution in [3.63, 3.8) is 0 Å². The van der Waals surface area contributed by atoms with Crippen LogP contribution < -0.4 is 0 Å². The monoisotopic (exact) mass is 304 g/mol. The maximum absolute atomic E-state index is 10.9. The quantitative estimate of drug-likeness (QED) is 0.654. The molecule has 0 aliphatic rings. The molecular weight excluding hydrogens is 283 g/mol. The highest BCUT2D eigenvalue weighted by Gasteiger charge is 2.21. The normalized spacial score (nSPS) is 11.3. The van der Waals surface area contributed by atoms with Crippen LogP contribution in [0, 0.1) is 0 Å².